The molecule has 0 amide bonds. The number of hydrogen-bond acceptors (Lipinski definition) is 5. The molecule has 123 valence electrons. The van der Waals surface area contributed by atoms with Crippen LogP contribution < -0.4 is 0 Å². The topological polar surface area (TPSA) is 83.3 Å². The third-order valence-corrected chi connectivity index (χ3v) is 2.60. The van der Waals surface area contributed by atoms with E-state index in [2.05, 4.69) is 39.4 Å². The van der Waals surface area contributed by atoms with E-state index in [1.165, 1.54) is 10.3 Å². The van der Waals surface area contributed by atoms with E-state index in [0.717, 1.165) is 22.8 Å². The molecule has 0 bridgehead atoms. The summed E-state index contributed by atoms with van der Waals surface area (Å²) in [7, 11) is 0. The van der Waals surface area contributed by atoms with Crippen LogP contribution in [0.1, 0.15) is 0 Å². The number of aromatic nitrogens is 3. The van der Waals surface area contributed by atoms with Crippen molar-refractivity contribution in [1.82, 2.24) is 15.0 Å². The molecule has 3 rings (SSSR count). The molecule has 0 aliphatic rings. The van der Waals surface area contributed by atoms with Crippen molar-refractivity contribution in [2.75, 3.05) is 0 Å². The molecule has 3 aromatic heterocycles. The summed E-state index contributed by atoms with van der Waals surface area (Å²) < 4.78 is 0. The molecular formula is C17H11MnN5S2. The van der Waals surface area contributed by atoms with Crippen molar-refractivity contribution >= 4 is 34.8 Å². The van der Waals surface area contributed by atoms with Gasteiger partial charge in [-0.25, -0.2) is 4.98 Å². The molecule has 1 radical (unpaired) electrons. The summed E-state index contributed by atoms with van der Waals surface area (Å²) in [6, 6.07) is 17.5. The van der Waals surface area contributed by atoms with Gasteiger partial charge in [-0.2, -0.15) is 10.3 Å². The normalized spacial score (nSPS) is 8.00. The Bertz CT molecular complexity index is 750. The van der Waals surface area contributed by atoms with Gasteiger partial charge >= 0.3 is 17.1 Å². The van der Waals surface area contributed by atoms with E-state index in [4.69, 9.17) is 10.8 Å². The monoisotopic (exact) mass is 404 g/mol. The van der Waals surface area contributed by atoms with E-state index < -0.39 is 0 Å². The Hall–Kier alpha value is -2.43. The fourth-order valence-electron chi connectivity index (χ4n) is 1.75. The molecule has 3 heterocycles. The van der Waals surface area contributed by atoms with Crippen LogP contribution in [0.2, 0.25) is 0 Å². The van der Waals surface area contributed by atoms with Gasteiger partial charge in [-0.3, -0.25) is 9.97 Å². The maximum absolute atomic E-state index is 7.13. The standard InChI is InChI=1S/C15H11N3.2CNS.Mn/c1-3-10-16-12(6-1)14-8-5-9-15(18-14)13-7-2-4-11-17-13;2*2-1-3;/h1-11H;;;/q;2*-1;+2. The van der Waals surface area contributed by atoms with Crippen LogP contribution in [-0.4, -0.2) is 25.3 Å². The fourth-order valence-corrected chi connectivity index (χ4v) is 1.75. The minimum absolute atomic E-state index is 0. The third kappa shape index (κ3) is 8.29. The van der Waals surface area contributed by atoms with Crippen molar-refractivity contribution in [3.63, 3.8) is 0 Å². The first-order valence-electron chi connectivity index (χ1n) is 6.59. The molecule has 25 heavy (non-hydrogen) atoms. The number of nitrogens with zero attached hydrogens (tertiary/aromatic N) is 5. The zero-order chi connectivity index (χ0) is 17.6. The first-order chi connectivity index (χ1) is 11.8. The van der Waals surface area contributed by atoms with Crippen molar-refractivity contribution in [2.24, 2.45) is 0 Å². The summed E-state index contributed by atoms with van der Waals surface area (Å²) in [5.74, 6) is 0. The summed E-state index contributed by atoms with van der Waals surface area (Å²) in [4.78, 5) is 13.2. The number of pyridine rings is 3. The summed E-state index contributed by atoms with van der Waals surface area (Å²) in [6.07, 6.45) is 3.54. The zero-order valence-electron chi connectivity index (χ0n) is 12.8. The van der Waals surface area contributed by atoms with Crippen molar-refractivity contribution in [2.45, 2.75) is 0 Å². The molecule has 0 N–H and O–H groups in total. The molecule has 0 atom stereocenters. The van der Waals surface area contributed by atoms with Gasteiger partial charge < -0.3 is 10.8 Å². The van der Waals surface area contributed by atoms with Crippen LogP contribution >= 0.6 is 24.4 Å². The van der Waals surface area contributed by atoms with E-state index in [9.17, 15) is 0 Å². The molecule has 0 aromatic carbocycles. The maximum Gasteiger partial charge on any atom is 2.00 e. The van der Waals surface area contributed by atoms with Crippen LogP contribution in [0.15, 0.2) is 67.0 Å². The predicted molar refractivity (Wildman–Crippen MR) is 103 cm³/mol. The van der Waals surface area contributed by atoms with E-state index in [1.54, 1.807) is 12.4 Å². The van der Waals surface area contributed by atoms with Crippen LogP contribution in [0.3, 0.4) is 0 Å². The molecule has 5 nitrogen and oxygen atoms in total. The average Bonchev–Trinajstić information content (AvgIpc) is 2.65. The van der Waals surface area contributed by atoms with Crippen LogP contribution in [-0.2, 0) is 17.1 Å². The molecule has 0 saturated heterocycles. The Labute approximate surface area is 167 Å². The smallest absolute Gasteiger partial charge is 0.753 e. The van der Waals surface area contributed by atoms with E-state index >= 15 is 0 Å². The Kier molecular flexibility index (Phi) is 12.6. The summed E-state index contributed by atoms with van der Waals surface area (Å²) in [6.45, 7) is 0. The van der Waals surface area contributed by atoms with E-state index in [1.807, 2.05) is 54.6 Å². The van der Waals surface area contributed by atoms with Crippen molar-refractivity contribution in [1.29, 1.82) is 0 Å². The quantitative estimate of drug-likeness (QED) is 0.356. The van der Waals surface area contributed by atoms with Gasteiger partial charge in [-0.15, -0.1) is 0 Å². The SMILES string of the molecule is [Mn+2].[N-]=C=S.[N-]=C=S.c1ccc(-c2cccc(-c3ccccn3)n2)nc1. The van der Waals surface area contributed by atoms with E-state index in [-0.39, 0.29) is 17.1 Å². The van der Waals surface area contributed by atoms with Crippen LogP contribution in [0.4, 0.5) is 0 Å². The predicted octanol–water partition coefficient (Wildman–Crippen LogP) is 4.52. The summed E-state index contributed by atoms with van der Waals surface area (Å²) in [5, 5.41) is 16.9. The van der Waals surface area contributed by atoms with Crippen molar-refractivity contribution < 1.29 is 17.1 Å². The van der Waals surface area contributed by atoms with Crippen LogP contribution in [0.5, 0.6) is 0 Å². The van der Waals surface area contributed by atoms with Gasteiger partial charge in [0.15, 0.2) is 0 Å². The van der Waals surface area contributed by atoms with Gasteiger partial charge in [0, 0.05) is 12.4 Å². The van der Waals surface area contributed by atoms with Gasteiger partial charge in [0.05, 0.1) is 22.8 Å². The minimum atomic E-state index is 0. The second-order valence-electron chi connectivity index (χ2n) is 4.02. The molecule has 0 fully saturated rings. The van der Waals surface area contributed by atoms with Crippen LogP contribution in [0.25, 0.3) is 33.6 Å². The Morgan fingerprint density at radius 2 is 1.00 bits per heavy atom. The van der Waals surface area contributed by atoms with Crippen molar-refractivity contribution in [3.8, 4) is 22.8 Å². The van der Waals surface area contributed by atoms with Gasteiger partial charge in [-0.05, 0) is 36.4 Å². The maximum atomic E-state index is 7.13. The minimum Gasteiger partial charge on any atom is -0.753 e. The van der Waals surface area contributed by atoms with Gasteiger partial charge in [-0.1, -0.05) is 42.6 Å². The number of hydrogen-bond donors (Lipinski definition) is 0. The number of thiocarbonyl (C=S) groups is 2. The molecule has 0 saturated carbocycles. The van der Waals surface area contributed by atoms with Crippen LogP contribution in [0, 0.1) is 0 Å². The average molecular weight is 404 g/mol. The van der Waals surface area contributed by atoms with Gasteiger partial charge in [0.25, 0.3) is 0 Å². The second-order valence-corrected chi connectivity index (χ2v) is 4.39. The molecule has 0 unspecified atom stereocenters. The molecule has 0 aliphatic heterocycles. The zero-order valence-corrected chi connectivity index (χ0v) is 15.6. The van der Waals surface area contributed by atoms with Crippen molar-refractivity contribution in [3.05, 3.63) is 77.8 Å². The van der Waals surface area contributed by atoms with E-state index in [0.29, 0.717) is 0 Å². The largest absolute Gasteiger partial charge is 2.00 e. The third-order valence-electron chi connectivity index (χ3n) is 2.60. The Morgan fingerprint density at radius 3 is 1.32 bits per heavy atom. The Balaban J connectivity index is 0.000000729. The summed E-state index contributed by atoms with van der Waals surface area (Å²) in [5.41, 5.74) is 3.46. The molecule has 0 spiro atoms. The number of isothiocyanates is 2. The summed E-state index contributed by atoms with van der Waals surface area (Å²) >= 11 is 7.40. The second kappa shape index (κ2) is 14.0. The molecular weight excluding hydrogens is 393 g/mol. The fraction of sp³-hybridized carbons (Fsp3) is 0. The van der Waals surface area contributed by atoms with Gasteiger partial charge in [0.1, 0.15) is 0 Å². The number of rotatable bonds is 2. The first kappa shape index (κ1) is 22.6. The molecule has 0 aliphatic carbocycles. The van der Waals surface area contributed by atoms with Gasteiger partial charge in [0.2, 0.25) is 0 Å². The Morgan fingerprint density at radius 1 is 0.640 bits per heavy atom. The molecule has 8 heteroatoms. The molecule has 3 aromatic rings. The first-order valence-corrected chi connectivity index (χ1v) is 7.40.